The van der Waals surface area contributed by atoms with Crippen molar-refractivity contribution in [3.05, 3.63) is 107 Å². The predicted molar refractivity (Wildman–Crippen MR) is 109 cm³/mol. The Morgan fingerprint density at radius 2 is 1.44 bits per heavy atom. The van der Waals surface area contributed by atoms with E-state index in [1.54, 1.807) is 6.07 Å². The van der Waals surface area contributed by atoms with Gasteiger partial charge in [-0.05, 0) is 29.3 Å². The van der Waals surface area contributed by atoms with Crippen molar-refractivity contribution in [2.24, 2.45) is 0 Å². The Morgan fingerprint density at radius 3 is 2.26 bits per heavy atom. The lowest BCUT2D eigenvalue weighted by molar-refractivity contribution is 0.601. The Bertz CT molecular complexity index is 1070. The molecule has 0 aliphatic rings. The molecule has 0 bridgehead atoms. The van der Waals surface area contributed by atoms with Crippen molar-refractivity contribution in [2.45, 2.75) is 19.6 Å². The van der Waals surface area contributed by atoms with Crippen LogP contribution in [0.5, 0.6) is 0 Å². The number of nitrogens with zero attached hydrogens (tertiary/aromatic N) is 1. The molecule has 0 atom stereocenters. The fraction of sp³-hybridized carbons (Fsp3) is 0.130. The van der Waals surface area contributed by atoms with Crippen LogP contribution in [0.4, 0.5) is 4.39 Å². The van der Waals surface area contributed by atoms with E-state index in [0.29, 0.717) is 18.7 Å². The van der Waals surface area contributed by atoms with Crippen LogP contribution in [0.3, 0.4) is 0 Å². The lowest BCUT2D eigenvalue weighted by Gasteiger charge is -2.06. The average Bonchev–Trinajstić information content (AvgIpc) is 3.03. The van der Waals surface area contributed by atoms with E-state index in [4.69, 9.17) is 11.6 Å². The van der Waals surface area contributed by atoms with Crippen molar-refractivity contribution >= 4 is 22.5 Å². The van der Waals surface area contributed by atoms with E-state index in [2.05, 4.69) is 28.2 Å². The third kappa shape index (κ3) is 3.90. The largest absolute Gasteiger partial charge is 0.343 e. The molecule has 0 spiro atoms. The van der Waals surface area contributed by atoms with Gasteiger partial charge in [0.15, 0.2) is 0 Å². The van der Waals surface area contributed by atoms with Gasteiger partial charge in [-0.25, -0.2) is 4.39 Å². The Balaban J connectivity index is 1.56. The minimum Gasteiger partial charge on any atom is -0.343 e. The first-order valence-corrected chi connectivity index (χ1v) is 9.34. The molecule has 1 aromatic heterocycles. The number of aromatic nitrogens is 1. The summed E-state index contributed by atoms with van der Waals surface area (Å²) in [5, 5.41) is 5.42. The van der Waals surface area contributed by atoms with E-state index in [1.165, 1.54) is 17.0 Å². The Kier molecular flexibility index (Phi) is 5.23. The number of nitrogens with one attached hydrogen (secondary N) is 1. The van der Waals surface area contributed by atoms with Gasteiger partial charge in [0, 0.05) is 40.8 Å². The number of rotatable bonds is 6. The monoisotopic (exact) mass is 378 g/mol. The maximum atomic E-state index is 14.1. The van der Waals surface area contributed by atoms with Gasteiger partial charge < -0.3 is 9.88 Å². The highest BCUT2D eigenvalue weighted by Crippen LogP contribution is 2.23. The van der Waals surface area contributed by atoms with Crippen LogP contribution in [0.25, 0.3) is 10.9 Å². The third-order valence-corrected chi connectivity index (χ3v) is 5.13. The van der Waals surface area contributed by atoms with E-state index < -0.39 is 0 Å². The van der Waals surface area contributed by atoms with E-state index >= 15 is 0 Å². The highest BCUT2D eigenvalue weighted by Gasteiger charge is 2.10. The Hall–Kier alpha value is -2.62. The molecule has 0 aliphatic carbocycles. The molecule has 2 nitrogen and oxygen atoms in total. The van der Waals surface area contributed by atoms with Gasteiger partial charge in [0.25, 0.3) is 0 Å². The van der Waals surface area contributed by atoms with Gasteiger partial charge in [-0.1, -0.05) is 66.2 Å². The first-order valence-electron chi connectivity index (χ1n) is 8.96. The number of hydrogen-bond acceptors (Lipinski definition) is 1. The van der Waals surface area contributed by atoms with Gasteiger partial charge in [0.2, 0.25) is 0 Å². The first-order chi connectivity index (χ1) is 13.2. The van der Waals surface area contributed by atoms with Crippen LogP contribution >= 0.6 is 11.6 Å². The first kappa shape index (κ1) is 17.8. The van der Waals surface area contributed by atoms with E-state index in [0.717, 1.165) is 22.6 Å². The number of benzene rings is 3. The third-order valence-electron chi connectivity index (χ3n) is 4.76. The SMILES string of the molecule is Fc1ccccc1Cn1cc(CNCc2ccccc2Cl)c2ccccc21. The maximum Gasteiger partial charge on any atom is 0.128 e. The molecule has 1 N–H and O–H groups in total. The minimum atomic E-state index is -0.173. The van der Waals surface area contributed by atoms with Crippen molar-refractivity contribution in [1.29, 1.82) is 0 Å². The quantitative estimate of drug-likeness (QED) is 0.450. The van der Waals surface area contributed by atoms with Gasteiger partial charge in [0.05, 0.1) is 6.54 Å². The lowest BCUT2D eigenvalue weighted by Crippen LogP contribution is -2.12. The number of halogens is 2. The fourth-order valence-corrected chi connectivity index (χ4v) is 3.58. The van der Waals surface area contributed by atoms with Crippen LogP contribution in [0, 0.1) is 5.82 Å². The molecule has 0 amide bonds. The second kappa shape index (κ2) is 7.95. The highest BCUT2D eigenvalue weighted by atomic mass is 35.5. The molecule has 27 heavy (non-hydrogen) atoms. The summed E-state index contributed by atoms with van der Waals surface area (Å²) in [6, 6.07) is 23.0. The summed E-state index contributed by atoms with van der Waals surface area (Å²) >= 11 is 6.23. The molecule has 0 aliphatic heterocycles. The van der Waals surface area contributed by atoms with Crippen molar-refractivity contribution in [2.75, 3.05) is 0 Å². The van der Waals surface area contributed by atoms with E-state index in [-0.39, 0.29) is 5.82 Å². The molecule has 0 radical (unpaired) electrons. The van der Waals surface area contributed by atoms with Crippen molar-refractivity contribution in [1.82, 2.24) is 9.88 Å². The van der Waals surface area contributed by atoms with Gasteiger partial charge in [-0.3, -0.25) is 0 Å². The van der Waals surface area contributed by atoms with Crippen LogP contribution < -0.4 is 5.32 Å². The van der Waals surface area contributed by atoms with Gasteiger partial charge in [0.1, 0.15) is 5.82 Å². The van der Waals surface area contributed by atoms with Gasteiger partial charge in [-0.15, -0.1) is 0 Å². The number of para-hydroxylation sites is 1. The van der Waals surface area contributed by atoms with Crippen LogP contribution in [0.15, 0.2) is 79.0 Å². The van der Waals surface area contributed by atoms with Crippen molar-refractivity contribution in [3.63, 3.8) is 0 Å². The molecule has 4 rings (SSSR count). The normalized spacial score (nSPS) is 11.2. The predicted octanol–water partition coefficient (Wildman–Crippen LogP) is 5.77. The zero-order valence-corrected chi connectivity index (χ0v) is 15.6. The summed E-state index contributed by atoms with van der Waals surface area (Å²) < 4.78 is 16.2. The molecule has 0 fully saturated rings. The molecule has 0 unspecified atom stereocenters. The van der Waals surface area contributed by atoms with Crippen LogP contribution in [-0.4, -0.2) is 4.57 Å². The molecule has 3 aromatic carbocycles. The summed E-state index contributed by atoms with van der Waals surface area (Å²) in [5.41, 5.74) is 4.06. The number of hydrogen-bond donors (Lipinski definition) is 1. The van der Waals surface area contributed by atoms with Crippen molar-refractivity contribution < 1.29 is 4.39 Å². The molecule has 0 saturated carbocycles. The van der Waals surface area contributed by atoms with Gasteiger partial charge in [-0.2, -0.15) is 0 Å². The summed E-state index contributed by atoms with van der Waals surface area (Å²) in [6.45, 7) is 1.93. The average molecular weight is 379 g/mol. The summed E-state index contributed by atoms with van der Waals surface area (Å²) in [7, 11) is 0. The zero-order chi connectivity index (χ0) is 18.6. The highest BCUT2D eigenvalue weighted by molar-refractivity contribution is 6.31. The Morgan fingerprint density at radius 1 is 0.778 bits per heavy atom. The molecular weight excluding hydrogens is 359 g/mol. The van der Waals surface area contributed by atoms with Crippen LogP contribution in [-0.2, 0) is 19.6 Å². The molecule has 0 saturated heterocycles. The maximum absolute atomic E-state index is 14.1. The van der Waals surface area contributed by atoms with E-state index in [1.807, 2.05) is 48.5 Å². The van der Waals surface area contributed by atoms with Crippen LogP contribution in [0.2, 0.25) is 5.02 Å². The second-order valence-corrected chi connectivity index (χ2v) is 6.99. The van der Waals surface area contributed by atoms with Gasteiger partial charge >= 0.3 is 0 Å². The molecule has 136 valence electrons. The fourth-order valence-electron chi connectivity index (χ4n) is 3.38. The topological polar surface area (TPSA) is 17.0 Å². The second-order valence-electron chi connectivity index (χ2n) is 6.59. The minimum absolute atomic E-state index is 0.173. The Labute approximate surface area is 163 Å². The lowest BCUT2D eigenvalue weighted by atomic mass is 10.1. The summed E-state index contributed by atoms with van der Waals surface area (Å²) in [4.78, 5) is 0. The summed E-state index contributed by atoms with van der Waals surface area (Å²) in [5.74, 6) is -0.173. The van der Waals surface area contributed by atoms with Crippen molar-refractivity contribution in [3.8, 4) is 0 Å². The molecule has 4 heteroatoms. The molecule has 1 heterocycles. The number of fused-ring (bicyclic) bond motifs is 1. The smallest absolute Gasteiger partial charge is 0.128 e. The van der Waals surface area contributed by atoms with E-state index in [9.17, 15) is 4.39 Å². The molecule has 4 aromatic rings. The standard InChI is InChI=1S/C23H20ClFN2/c24-21-10-4-1-7-17(21)13-26-14-19-16-27(23-12-6-3-9-20(19)23)15-18-8-2-5-11-22(18)25/h1-12,16,26H,13-15H2. The molecular formula is C23H20ClFN2. The zero-order valence-electron chi connectivity index (χ0n) is 14.8. The summed E-state index contributed by atoms with van der Waals surface area (Å²) in [6.07, 6.45) is 2.11. The van der Waals surface area contributed by atoms with Crippen LogP contribution in [0.1, 0.15) is 16.7 Å².